The average Bonchev–Trinajstić information content (AvgIpc) is 1.97. The van der Waals surface area contributed by atoms with Crippen molar-refractivity contribution in [3.63, 3.8) is 0 Å². The summed E-state index contributed by atoms with van der Waals surface area (Å²) in [5.41, 5.74) is 0. The molecule has 0 radical (unpaired) electrons. The van der Waals surface area contributed by atoms with Crippen molar-refractivity contribution in [2.45, 2.75) is 46.1 Å². The van der Waals surface area contributed by atoms with Crippen molar-refractivity contribution in [1.29, 1.82) is 0 Å². The van der Waals surface area contributed by atoms with Crippen LogP contribution in [0, 0.1) is 17.8 Å². The van der Waals surface area contributed by atoms with Gasteiger partial charge in [0.15, 0.2) is 0 Å². The molecule has 0 aliphatic heterocycles. The van der Waals surface area contributed by atoms with Crippen LogP contribution < -0.4 is 0 Å². The Balaban J connectivity index is 2.48. The number of hydrogen-bond donors (Lipinski definition) is 1. The molecule has 4 atom stereocenters. The highest BCUT2D eigenvalue weighted by molar-refractivity contribution is 4.80. The van der Waals surface area contributed by atoms with Crippen molar-refractivity contribution in [3.8, 4) is 0 Å². The maximum Gasteiger partial charge on any atom is 0.0571 e. The first kappa shape index (κ1) is 9.05. The molecule has 1 aliphatic rings. The summed E-state index contributed by atoms with van der Waals surface area (Å²) >= 11 is 0. The van der Waals surface area contributed by atoms with Crippen molar-refractivity contribution in [2.75, 3.05) is 0 Å². The molecule has 1 nitrogen and oxygen atoms in total. The van der Waals surface area contributed by atoms with E-state index in [1.807, 2.05) is 0 Å². The summed E-state index contributed by atoms with van der Waals surface area (Å²) in [7, 11) is 0. The summed E-state index contributed by atoms with van der Waals surface area (Å²) < 4.78 is 0. The summed E-state index contributed by atoms with van der Waals surface area (Å²) in [5, 5.41) is 9.66. The summed E-state index contributed by atoms with van der Waals surface area (Å²) in [6.45, 7) is 6.73. The molecule has 0 heterocycles. The Bertz CT molecular complexity index is 122. The fourth-order valence-corrected chi connectivity index (χ4v) is 2.11. The van der Waals surface area contributed by atoms with Gasteiger partial charge in [0.2, 0.25) is 0 Å². The minimum atomic E-state index is -0.0220. The van der Waals surface area contributed by atoms with E-state index in [-0.39, 0.29) is 6.10 Å². The molecule has 11 heavy (non-hydrogen) atoms. The molecule has 0 bridgehead atoms. The molecule has 1 fully saturated rings. The van der Waals surface area contributed by atoms with Crippen LogP contribution in [0.1, 0.15) is 40.0 Å². The topological polar surface area (TPSA) is 20.2 Å². The molecule has 1 N–H and O–H groups in total. The summed E-state index contributed by atoms with van der Waals surface area (Å²) in [4.78, 5) is 0. The maximum absolute atomic E-state index is 9.66. The fraction of sp³-hybridized carbons (Fsp3) is 1.00. The van der Waals surface area contributed by atoms with Crippen LogP contribution in [0.3, 0.4) is 0 Å². The molecule has 0 amide bonds. The zero-order valence-electron chi connectivity index (χ0n) is 7.88. The molecular weight excluding hydrogens is 136 g/mol. The van der Waals surface area contributed by atoms with E-state index in [9.17, 15) is 5.11 Å². The van der Waals surface area contributed by atoms with Gasteiger partial charge in [-0.3, -0.25) is 0 Å². The molecule has 1 heteroatoms. The molecule has 0 aromatic rings. The molecule has 1 aliphatic carbocycles. The predicted molar refractivity (Wildman–Crippen MR) is 47.3 cm³/mol. The quantitative estimate of drug-likeness (QED) is 0.618. The second-order valence-electron chi connectivity index (χ2n) is 4.16. The van der Waals surface area contributed by atoms with Crippen LogP contribution in [0.15, 0.2) is 0 Å². The SMILES string of the molecule is CCC1CC(C)C(C)CC1O. The molecule has 0 aromatic carbocycles. The first-order chi connectivity index (χ1) is 5.15. The van der Waals surface area contributed by atoms with Gasteiger partial charge in [-0.15, -0.1) is 0 Å². The van der Waals surface area contributed by atoms with Gasteiger partial charge in [0.25, 0.3) is 0 Å². The summed E-state index contributed by atoms with van der Waals surface area (Å²) in [6.07, 6.45) is 3.35. The lowest BCUT2D eigenvalue weighted by Crippen LogP contribution is -2.32. The highest BCUT2D eigenvalue weighted by atomic mass is 16.3. The van der Waals surface area contributed by atoms with E-state index in [1.54, 1.807) is 0 Å². The van der Waals surface area contributed by atoms with E-state index in [1.165, 1.54) is 6.42 Å². The van der Waals surface area contributed by atoms with Crippen LogP contribution in [-0.4, -0.2) is 11.2 Å². The van der Waals surface area contributed by atoms with Gasteiger partial charge in [-0.25, -0.2) is 0 Å². The highest BCUT2D eigenvalue weighted by Gasteiger charge is 2.30. The lowest BCUT2D eigenvalue weighted by Gasteiger charge is -2.35. The number of aliphatic hydroxyl groups is 1. The van der Waals surface area contributed by atoms with Crippen molar-refractivity contribution in [2.24, 2.45) is 17.8 Å². The van der Waals surface area contributed by atoms with E-state index in [4.69, 9.17) is 0 Å². The third-order valence-electron chi connectivity index (χ3n) is 3.33. The lowest BCUT2D eigenvalue weighted by atomic mass is 9.73. The zero-order chi connectivity index (χ0) is 8.43. The van der Waals surface area contributed by atoms with Crippen LogP contribution in [-0.2, 0) is 0 Å². The monoisotopic (exact) mass is 156 g/mol. The number of hydrogen-bond acceptors (Lipinski definition) is 1. The third kappa shape index (κ3) is 1.96. The Morgan fingerprint density at radius 3 is 2.27 bits per heavy atom. The van der Waals surface area contributed by atoms with Crippen LogP contribution in [0.5, 0.6) is 0 Å². The van der Waals surface area contributed by atoms with Crippen LogP contribution in [0.2, 0.25) is 0 Å². The molecule has 0 saturated heterocycles. The molecular formula is C10H20O. The first-order valence-electron chi connectivity index (χ1n) is 4.83. The van der Waals surface area contributed by atoms with Gasteiger partial charge in [0.1, 0.15) is 0 Å². The van der Waals surface area contributed by atoms with Crippen molar-refractivity contribution in [3.05, 3.63) is 0 Å². The van der Waals surface area contributed by atoms with Crippen LogP contribution in [0.4, 0.5) is 0 Å². The van der Waals surface area contributed by atoms with Gasteiger partial charge in [0, 0.05) is 0 Å². The van der Waals surface area contributed by atoms with Crippen molar-refractivity contribution < 1.29 is 5.11 Å². The van der Waals surface area contributed by atoms with Crippen molar-refractivity contribution in [1.82, 2.24) is 0 Å². The Morgan fingerprint density at radius 1 is 1.18 bits per heavy atom. The second-order valence-corrected chi connectivity index (χ2v) is 4.16. The molecule has 4 unspecified atom stereocenters. The zero-order valence-corrected chi connectivity index (χ0v) is 7.88. The number of aliphatic hydroxyl groups excluding tert-OH is 1. The standard InChI is InChI=1S/C10H20O/c1-4-9-5-7(2)8(3)6-10(9)11/h7-11H,4-6H2,1-3H3. The minimum Gasteiger partial charge on any atom is -0.393 e. The second kappa shape index (κ2) is 3.57. The van der Waals surface area contributed by atoms with E-state index in [2.05, 4.69) is 20.8 Å². The lowest BCUT2D eigenvalue weighted by molar-refractivity contribution is 0.0230. The van der Waals surface area contributed by atoms with Gasteiger partial charge in [0.05, 0.1) is 6.10 Å². The molecule has 66 valence electrons. The highest BCUT2D eigenvalue weighted by Crippen LogP contribution is 2.34. The van der Waals surface area contributed by atoms with E-state index in [0.29, 0.717) is 11.8 Å². The third-order valence-corrected chi connectivity index (χ3v) is 3.33. The molecule has 0 spiro atoms. The van der Waals surface area contributed by atoms with Crippen LogP contribution >= 0.6 is 0 Å². The Labute approximate surface area is 69.8 Å². The molecule has 1 saturated carbocycles. The van der Waals surface area contributed by atoms with Crippen molar-refractivity contribution >= 4 is 0 Å². The Kier molecular flexibility index (Phi) is 2.94. The fourth-order valence-electron chi connectivity index (χ4n) is 2.11. The van der Waals surface area contributed by atoms with Crippen LogP contribution in [0.25, 0.3) is 0 Å². The minimum absolute atomic E-state index is 0.0220. The average molecular weight is 156 g/mol. The van der Waals surface area contributed by atoms with E-state index in [0.717, 1.165) is 18.8 Å². The Morgan fingerprint density at radius 2 is 1.73 bits per heavy atom. The van der Waals surface area contributed by atoms with Gasteiger partial charge in [-0.2, -0.15) is 0 Å². The Hall–Kier alpha value is -0.0400. The normalized spacial score (nSPS) is 45.8. The molecule has 0 aromatic heterocycles. The van der Waals surface area contributed by atoms with Gasteiger partial charge < -0.3 is 5.11 Å². The smallest absolute Gasteiger partial charge is 0.0571 e. The van der Waals surface area contributed by atoms with Gasteiger partial charge in [-0.1, -0.05) is 27.2 Å². The largest absolute Gasteiger partial charge is 0.393 e. The van der Waals surface area contributed by atoms with E-state index >= 15 is 0 Å². The van der Waals surface area contributed by atoms with Gasteiger partial charge in [-0.05, 0) is 30.6 Å². The first-order valence-corrected chi connectivity index (χ1v) is 4.83. The number of rotatable bonds is 1. The summed E-state index contributed by atoms with van der Waals surface area (Å²) in [6, 6.07) is 0. The summed E-state index contributed by atoms with van der Waals surface area (Å²) in [5.74, 6) is 2.09. The van der Waals surface area contributed by atoms with E-state index < -0.39 is 0 Å². The molecule has 1 rings (SSSR count). The van der Waals surface area contributed by atoms with Gasteiger partial charge >= 0.3 is 0 Å². The predicted octanol–water partition coefficient (Wildman–Crippen LogP) is 2.44. The maximum atomic E-state index is 9.66.